The zero-order valence-corrected chi connectivity index (χ0v) is 23.3. The van der Waals surface area contributed by atoms with Crippen LogP contribution >= 0.6 is 11.6 Å². The van der Waals surface area contributed by atoms with Gasteiger partial charge in [-0.25, -0.2) is 4.98 Å². The molecule has 0 radical (unpaired) electrons. The Kier molecular flexibility index (Phi) is 8.85. The zero-order valence-electron chi connectivity index (χ0n) is 22.6. The average Bonchev–Trinajstić information content (AvgIpc) is 3.69. The monoisotopic (exact) mass is 537 g/mol. The molecule has 2 saturated heterocycles. The molecule has 2 fully saturated rings. The van der Waals surface area contributed by atoms with Crippen molar-refractivity contribution in [3.63, 3.8) is 0 Å². The van der Waals surface area contributed by atoms with Crippen molar-refractivity contribution >= 4 is 29.0 Å². The molecular formula is C30H40ClN5O2. The van der Waals surface area contributed by atoms with Gasteiger partial charge in [0.15, 0.2) is 5.78 Å². The van der Waals surface area contributed by atoms with Crippen LogP contribution in [0.5, 0.6) is 0 Å². The van der Waals surface area contributed by atoms with Gasteiger partial charge in [-0.3, -0.25) is 18.6 Å². The molecule has 38 heavy (non-hydrogen) atoms. The zero-order chi connectivity index (χ0) is 26.5. The molecular weight excluding hydrogens is 498 g/mol. The van der Waals surface area contributed by atoms with E-state index in [2.05, 4.69) is 21.3 Å². The maximum atomic E-state index is 13.4. The van der Waals surface area contributed by atoms with Gasteiger partial charge in [0.2, 0.25) is 5.78 Å². The molecule has 3 aromatic rings. The van der Waals surface area contributed by atoms with E-state index in [0.29, 0.717) is 23.0 Å². The highest BCUT2D eigenvalue weighted by molar-refractivity contribution is 6.30. The number of hydrogen-bond donors (Lipinski definition) is 0. The van der Waals surface area contributed by atoms with Crippen LogP contribution in [0.4, 0.5) is 5.82 Å². The van der Waals surface area contributed by atoms with E-state index in [4.69, 9.17) is 16.6 Å². The van der Waals surface area contributed by atoms with Gasteiger partial charge in [0.05, 0.1) is 11.7 Å². The number of aryl methyl sites for hydroxylation is 1. The van der Waals surface area contributed by atoms with Crippen LogP contribution in [0.15, 0.2) is 41.3 Å². The topological polar surface area (TPSA) is 62.9 Å². The molecule has 0 unspecified atom stereocenters. The van der Waals surface area contributed by atoms with Crippen molar-refractivity contribution < 1.29 is 4.79 Å². The summed E-state index contributed by atoms with van der Waals surface area (Å²) < 4.78 is 3.81. The highest BCUT2D eigenvalue weighted by Crippen LogP contribution is 2.29. The predicted octanol–water partition coefficient (Wildman–Crippen LogP) is 5.81. The van der Waals surface area contributed by atoms with Crippen LogP contribution in [0, 0.1) is 0 Å². The number of anilines is 1. The fourth-order valence-electron chi connectivity index (χ4n) is 6.00. The predicted molar refractivity (Wildman–Crippen MR) is 154 cm³/mol. The van der Waals surface area contributed by atoms with Gasteiger partial charge in [0, 0.05) is 42.4 Å². The van der Waals surface area contributed by atoms with E-state index in [1.54, 1.807) is 10.5 Å². The lowest BCUT2D eigenvalue weighted by Gasteiger charge is -2.29. The molecule has 0 saturated carbocycles. The molecule has 0 spiro atoms. The van der Waals surface area contributed by atoms with Gasteiger partial charge >= 0.3 is 0 Å². The van der Waals surface area contributed by atoms with Crippen molar-refractivity contribution in [2.24, 2.45) is 0 Å². The number of halogens is 1. The van der Waals surface area contributed by atoms with Crippen molar-refractivity contribution in [2.75, 3.05) is 31.1 Å². The van der Waals surface area contributed by atoms with Crippen molar-refractivity contribution in [3.05, 3.63) is 51.9 Å². The van der Waals surface area contributed by atoms with Crippen molar-refractivity contribution in [1.82, 2.24) is 18.9 Å². The standard InChI is InChI=1S/C30H40ClN5O2/c1-2-3-5-19-35-28(21-29(38)36-22-25(32-30(35)36)23-12-14-24(31)15-13-23)34-20-9-10-26(34)27(37)11-4-6-16-33-17-7-8-18-33/h12-15,21-22,26H,2-11,16-20H2,1H3/t26-/m0/s1. The number of ketones is 1. The molecule has 7 nitrogen and oxygen atoms in total. The van der Waals surface area contributed by atoms with Crippen LogP contribution in [0.3, 0.4) is 0 Å². The second kappa shape index (κ2) is 12.5. The Morgan fingerprint density at radius 2 is 1.76 bits per heavy atom. The third-order valence-corrected chi connectivity index (χ3v) is 8.34. The third kappa shape index (κ3) is 5.99. The lowest BCUT2D eigenvalue weighted by atomic mass is 10.0. The second-order valence-electron chi connectivity index (χ2n) is 10.8. The Labute approximate surface area is 230 Å². The van der Waals surface area contributed by atoms with Crippen molar-refractivity contribution in [2.45, 2.75) is 83.7 Å². The molecule has 1 atom stereocenters. The molecule has 8 heteroatoms. The lowest BCUT2D eigenvalue weighted by molar-refractivity contribution is -0.120. The minimum atomic E-state index is -0.160. The number of rotatable bonds is 12. The summed E-state index contributed by atoms with van der Waals surface area (Å²) >= 11 is 6.09. The smallest absolute Gasteiger partial charge is 0.261 e. The van der Waals surface area contributed by atoms with Crippen LogP contribution in [-0.2, 0) is 11.3 Å². The van der Waals surface area contributed by atoms with Gasteiger partial charge in [-0.05, 0) is 76.7 Å². The Morgan fingerprint density at radius 1 is 1.00 bits per heavy atom. The van der Waals surface area contributed by atoms with E-state index in [-0.39, 0.29) is 11.6 Å². The molecule has 204 valence electrons. The molecule has 1 aromatic carbocycles. The molecule has 2 aliphatic heterocycles. The molecule has 0 aliphatic carbocycles. The molecule has 5 rings (SSSR count). The van der Waals surface area contributed by atoms with Gasteiger partial charge in [-0.15, -0.1) is 0 Å². The van der Waals surface area contributed by atoms with Gasteiger partial charge in [0.1, 0.15) is 5.82 Å². The summed E-state index contributed by atoms with van der Waals surface area (Å²) in [5.74, 6) is 1.78. The maximum Gasteiger partial charge on any atom is 0.261 e. The summed E-state index contributed by atoms with van der Waals surface area (Å²) in [5, 5.41) is 0.666. The molecule has 0 N–H and O–H groups in total. The van der Waals surface area contributed by atoms with E-state index >= 15 is 0 Å². The molecule has 2 aromatic heterocycles. The first-order valence-electron chi connectivity index (χ1n) is 14.5. The highest BCUT2D eigenvalue weighted by atomic mass is 35.5. The Morgan fingerprint density at radius 3 is 2.53 bits per heavy atom. The van der Waals surface area contributed by atoms with Gasteiger partial charge in [-0.1, -0.05) is 43.5 Å². The minimum Gasteiger partial charge on any atom is -0.348 e. The lowest BCUT2D eigenvalue weighted by Crippen LogP contribution is -2.39. The number of carbonyl (C=O) groups is 1. The first-order chi connectivity index (χ1) is 18.5. The first-order valence-corrected chi connectivity index (χ1v) is 14.8. The van der Waals surface area contributed by atoms with Gasteiger partial charge in [-0.2, -0.15) is 0 Å². The van der Waals surface area contributed by atoms with Gasteiger partial charge in [0.25, 0.3) is 5.56 Å². The number of fused-ring (bicyclic) bond motifs is 1. The summed E-state index contributed by atoms with van der Waals surface area (Å²) in [6.07, 6.45) is 12.1. The van der Waals surface area contributed by atoms with E-state index in [1.807, 2.05) is 30.5 Å². The summed E-state index contributed by atoms with van der Waals surface area (Å²) in [4.78, 5) is 36.3. The number of benzene rings is 1. The van der Waals surface area contributed by atoms with E-state index < -0.39 is 0 Å². The number of likely N-dealkylation sites (tertiary alicyclic amines) is 1. The Balaban J connectivity index is 1.40. The van der Waals surface area contributed by atoms with Crippen molar-refractivity contribution in [3.8, 4) is 11.3 Å². The largest absolute Gasteiger partial charge is 0.348 e. The number of imidazole rings is 1. The highest BCUT2D eigenvalue weighted by Gasteiger charge is 2.32. The minimum absolute atomic E-state index is 0.113. The number of Topliss-reactive ketones (excluding diaryl/α,β-unsaturated/α-hetero) is 1. The van der Waals surface area contributed by atoms with Gasteiger partial charge < -0.3 is 9.80 Å². The molecule has 2 aliphatic rings. The summed E-state index contributed by atoms with van der Waals surface area (Å²) in [6.45, 7) is 7.25. The number of aromatic nitrogens is 3. The number of unbranched alkanes of at least 4 members (excludes halogenated alkanes) is 3. The molecule has 0 bridgehead atoms. The van der Waals surface area contributed by atoms with E-state index in [1.165, 1.54) is 25.9 Å². The fraction of sp³-hybridized carbons (Fsp3) is 0.567. The molecule has 0 amide bonds. The maximum absolute atomic E-state index is 13.4. The summed E-state index contributed by atoms with van der Waals surface area (Å²) in [6, 6.07) is 9.08. The quantitative estimate of drug-likeness (QED) is 0.273. The van der Waals surface area contributed by atoms with E-state index in [0.717, 1.165) is 81.7 Å². The second-order valence-corrected chi connectivity index (χ2v) is 11.3. The number of hydrogen-bond acceptors (Lipinski definition) is 5. The van der Waals surface area contributed by atoms with Crippen LogP contribution < -0.4 is 10.5 Å². The van der Waals surface area contributed by atoms with Crippen LogP contribution in [0.25, 0.3) is 17.0 Å². The number of carbonyl (C=O) groups excluding carboxylic acids is 1. The number of nitrogens with zero attached hydrogens (tertiary/aromatic N) is 5. The average molecular weight is 538 g/mol. The SMILES string of the molecule is CCCCCn1c(N2CCC[C@H]2C(=O)CCCCN2CCCC2)cc(=O)n2cc(-c3ccc(Cl)cc3)nc12. The van der Waals surface area contributed by atoms with Crippen LogP contribution in [-0.4, -0.2) is 56.9 Å². The Hall–Kier alpha value is -2.64. The fourth-order valence-corrected chi connectivity index (χ4v) is 6.12. The third-order valence-electron chi connectivity index (χ3n) is 8.09. The normalized spacial score (nSPS) is 18.2. The van der Waals surface area contributed by atoms with Crippen LogP contribution in [0.1, 0.15) is 71.1 Å². The first kappa shape index (κ1) is 26.9. The summed E-state index contributed by atoms with van der Waals surface area (Å²) in [5.41, 5.74) is 1.55. The summed E-state index contributed by atoms with van der Waals surface area (Å²) in [7, 11) is 0. The molecule has 4 heterocycles. The Bertz CT molecular complexity index is 1290. The van der Waals surface area contributed by atoms with E-state index in [9.17, 15) is 9.59 Å². The van der Waals surface area contributed by atoms with Crippen molar-refractivity contribution in [1.29, 1.82) is 0 Å². The van der Waals surface area contributed by atoms with Crippen LogP contribution in [0.2, 0.25) is 5.02 Å².